The first kappa shape index (κ1) is 25.9. The van der Waals surface area contributed by atoms with E-state index in [9.17, 15) is 18.0 Å². The first-order valence-electron chi connectivity index (χ1n) is 10.9. The Morgan fingerprint density at radius 1 is 0.886 bits per heavy atom. The number of amides is 2. The van der Waals surface area contributed by atoms with E-state index in [1.807, 2.05) is 19.1 Å². The number of aryl methyl sites for hydroxylation is 2. The number of nitrogens with zero attached hydrogens (tertiary/aromatic N) is 2. The molecule has 8 nitrogen and oxygen atoms in total. The first-order chi connectivity index (χ1) is 16.5. The molecule has 0 bridgehead atoms. The highest BCUT2D eigenvalue weighted by Crippen LogP contribution is 2.23. The van der Waals surface area contributed by atoms with Crippen LogP contribution >= 0.6 is 0 Å². The maximum absolute atomic E-state index is 12.7. The minimum Gasteiger partial charge on any atom is -0.484 e. The van der Waals surface area contributed by atoms with Crippen molar-refractivity contribution >= 4 is 33.2 Å². The number of hydrogen-bond donors (Lipinski definition) is 1. The molecule has 3 aromatic carbocycles. The zero-order valence-electron chi connectivity index (χ0n) is 20.4. The van der Waals surface area contributed by atoms with E-state index >= 15 is 0 Å². The number of hydrogen-bond acceptors (Lipinski definition) is 5. The number of rotatable bonds is 8. The minimum atomic E-state index is -3.62. The van der Waals surface area contributed by atoms with Crippen LogP contribution in [0, 0.1) is 13.8 Å². The lowest BCUT2D eigenvalue weighted by Crippen LogP contribution is -2.26. The Balaban J connectivity index is 1.61. The molecule has 3 aromatic rings. The van der Waals surface area contributed by atoms with Crippen LogP contribution in [0.1, 0.15) is 21.5 Å². The summed E-state index contributed by atoms with van der Waals surface area (Å²) in [5.41, 5.74) is 3.47. The fourth-order valence-corrected chi connectivity index (χ4v) is 4.14. The number of carbonyl (C=O) groups is 2. The molecular weight excluding hydrogens is 466 g/mol. The lowest BCUT2D eigenvalue weighted by atomic mass is 10.1. The normalized spacial score (nSPS) is 11.3. The zero-order valence-corrected chi connectivity index (χ0v) is 21.2. The van der Waals surface area contributed by atoms with Gasteiger partial charge in [-0.05, 0) is 67.9 Å². The number of anilines is 2. The third-order valence-corrected chi connectivity index (χ3v) is 7.27. The van der Waals surface area contributed by atoms with E-state index < -0.39 is 15.9 Å². The van der Waals surface area contributed by atoms with E-state index in [1.165, 1.54) is 26.2 Å². The molecule has 0 aromatic heterocycles. The van der Waals surface area contributed by atoms with Gasteiger partial charge in [-0.1, -0.05) is 23.8 Å². The Hall–Kier alpha value is -3.69. The summed E-state index contributed by atoms with van der Waals surface area (Å²) in [5, 5.41) is 2.70. The predicted octanol–water partition coefficient (Wildman–Crippen LogP) is 3.85. The molecular formula is C26H29N3O5S. The second kappa shape index (κ2) is 10.7. The number of carbonyl (C=O) groups excluding carboxylic acids is 2. The van der Waals surface area contributed by atoms with Gasteiger partial charge < -0.3 is 15.0 Å². The van der Waals surface area contributed by atoms with Gasteiger partial charge in [-0.3, -0.25) is 9.59 Å². The van der Waals surface area contributed by atoms with E-state index in [-0.39, 0.29) is 17.4 Å². The van der Waals surface area contributed by atoms with Crippen LogP contribution in [-0.2, 0) is 14.8 Å². The van der Waals surface area contributed by atoms with E-state index in [0.717, 1.165) is 15.4 Å². The number of sulfonamides is 1. The van der Waals surface area contributed by atoms with Crippen molar-refractivity contribution in [2.24, 2.45) is 0 Å². The third-order valence-electron chi connectivity index (χ3n) is 5.46. The summed E-state index contributed by atoms with van der Waals surface area (Å²) in [5.74, 6) is -0.101. The molecule has 0 aliphatic carbocycles. The second-order valence-electron chi connectivity index (χ2n) is 8.33. The van der Waals surface area contributed by atoms with Gasteiger partial charge in [0.05, 0.1) is 4.90 Å². The quantitative estimate of drug-likeness (QED) is 0.512. The largest absolute Gasteiger partial charge is 0.484 e. The van der Waals surface area contributed by atoms with Crippen LogP contribution < -0.4 is 15.0 Å². The Morgan fingerprint density at radius 3 is 2.11 bits per heavy atom. The molecule has 3 rings (SSSR count). The van der Waals surface area contributed by atoms with Crippen LogP contribution in [0.4, 0.5) is 11.4 Å². The van der Waals surface area contributed by atoms with E-state index in [0.29, 0.717) is 22.7 Å². The molecule has 35 heavy (non-hydrogen) atoms. The SMILES string of the molecule is Cc1ccc(C(=O)N(C)c2ccc(OCC(=O)Nc3cc(S(=O)(=O)N(C)C)ccc3C)cc2)cc1. The Kier molecular flexibility index (Phi) is 7.93. The van der Waals surface area contributed by atoms with Crippen molar-refractivity contribution < 1.29 is 22.7 Å². The maximum Gasteiger partial charge on any atom is 0.262 e. The molecule has 0 radical (unpaired) electrons. The van der Waals surface area contributed by atoms with E-state index in [1.54, 1.807) is 61.3 Å². The summed E-state index contributed by atoms with van der Waals surface area (Å²) in [6, 6.07) is 18.8. The maximum atomic E-state index is 12.7. The van der Waals surface area contributed by atoms with E-state index in [2.05, 4.69) is 5.32 Å². The highest BCUT2D eigenvalue weighted by Gasteiger charge is 2.19. The third kappa shape index (κ3) is 6.26. The van der Waals surface area contributed by atoms with Gasteiger partial charge in [-0.2, -0.15) is 0 Å². The molecule has 0 aliphatic heterocycles. The Morgan fingerprint density at radius 2 is 1.51 bits per heavy atom. The summed E-state index contributed by atoms with van der Waals surface area (Å²) in [4.78, 5) is 26.7. The topological polar surface area (TPSA) is 96.0 Å². The average molecular weight is 496 g/mol. The van der Waals surface area contributed by atoms with Gasteiger partial charge in [0.2, 0.25) is 10.0 Å². The number of nitrogens with one attached hydrogen (secondary N) is 1. The Bertz CT molecular complexity index is 1320. The minimum absolute atomic E-state index is 0.0872. The predicted molar refractivity (Wildman–Crippen MR) is 137 cm³/mol. The van der Waals surface area contributed by atoms with Crippen LogP contribution in [0.5, 0.6) is 5.75 Å². The van der Waals surface area contributed by atoms with Gasteiger partial charge in [0.1, 0.15) is 5.75 Å². The molecule has 0 atom stereocenters. The van der Waals surface area contributed by atoms with Gasteiger partial charge in [-0.15, -0.1) is 0 Å². The fraction of sp³-hybridized carbons (Fsp3) is 0.231. The molecule has 0 saturated heterocycles. The first-order valence-corrected chi connectivity index (χ1v) is 12.3. The summed E-state index contributed by atoms with van der Waals surface area (Å²) in [6.45, 7) is 3.47. The molecule has 1 N–H and O–H groups in total. The standard InChI is InChI=1S/C26H29N3O5S/c1-18-6-9-20(10-7-18)26(31)29(5)21-11-13-22(14-12-21)34-17-25(30)27-24-16-23(15-8-19(24)2)35(32,33)28(3)4/h6-16H,17H2,1-5H3,(H,27,30). The fourth-order valence-electron chi connectivity index (χ4n) is 3.22. The van der Waals surface area contributed by atoms with Crippen LogP contribution in [0.2, 0.25) is 0 Å². The van der Waals surface area contributed by atoms with Crippen molar-refractivity contribution in [1.82, 2.24) is 4.31 Å². The average Bonchev–Trinajstić information content (AvgIpc) is 2.83. The monoisotopic (exact) mass is 495 g/mol. The van der Waals surface area contributed by atoms with Crippen molar-refractivity contribution in [2.75, 3.05) is 38.0 Å². The van der Waals surface area contributed by atoms with Crippen LogP contribution in [-0.4, -0.2) is 52.3 Å². The lowest BCUT2D eigenvalue weighted by molar-refractivity contribution is -0.118. The smallest absolute Gasteiger partial charge is 0.262 e. The lowest BCUT2D eigenvalue weighted by Gasteiger charge is -2.18. The zero-order chi connectivity index (χ0) is 25.8. The summed E-state index contributed by atoms with van der Waals surface area (Å²) in [7, 11) is 0.966. The van der Waals surface area contributed by atoms with Crippen LogP contribution in [0.3, 0.4) is 0 Å². The molecule has 0 spiro atoms. The van der Waals surface area contributed by atoms with Crippen LogP contribution in [0.15, 0.2) is 71.6 Å². The van der Waals surface area contributed by atoms with Crippen LogP contribution in [0.25, 0.3) is 0 Å². The highest BCUT2D eigenvalue weighted by atomic mass is 32.2. The molecule has 0 unspecified atom stereocenters. The molecule has 9 heteroatoms. The van der Waals surface area contributed by atoms with Gasteiger partial charge >= 0.3 is 0 Å². The number of benzene rings is 3. The van der Waals surface area contributed by atoms with Gasteiger partial charge in [0.15, 0.2) is 6.61 Å². The second-order valence-corrected chi connectivity index (χ2v) is 10.5. The van der Waals surface area contributed by atoms with E-state index in [4.69, 9.17) is 4.74 Å². The van der Waals surface area contributed by atoms with Gasteiger partial charge in [0.25, 0.3) is 11.8 Å². The molecule has 0 heterocycles. The molecule has 0 aliphatic rings. The van der Waals surface area contributed by atoms with Crippen molar-refractivity contribution in [3.63, 3.8) is 0 Å². The number of ether oxygens (including phenoxy) is 1. The summed E-state index contributed by atoms with van der Waals surface area (Å²) < 4.78 is 31.4. The summed E-state index contributed by atoms with van der Waals surface area (Å²) >= 11 is 0. The molecule has 0 fully saturated rings. The molecule has 184 valence electrons. The molecule has 0 saturated carbocycles. The van der Waals surface area contributed by atoms with Gasteiger partial charge in [-0.25, -0.2) is 12.7 Å². The van der Waals surface area contributed by atoms with Gasteiger partial charge in [0, 0.05) is 38.1 Å². The van der Waals surface area contributed by atoms with Crippen molar-refractivity contribution in [3.8, 4) is 5.75 Å². The van der Waals surface area contributed by atoms with Crippen molar-refractivity contribution in [1.29, 1.82) is 0 Å². The van der Waals surface area contributed by atoms with Crippen molar-refractivity contribution in [2.45, 2.75) is 18.7 Å². The Labute approximate surface area is 206 Å². The molecule has 2 amide bonds. The van der Waals surface area contributed by atoms with Crippen molar-refractivity contribution in [3.05, 3.63) is 83.4 Å². The highest BCUT2D eigenvalue weighted by molar-refractivity contribution is 7.89. The summed E-state index contributed by atoms with van der Waals surface area (Å²) in [6.07, 6.45) is 0.